The Labute approximate surface area is 132 Å². The molecule has 4 heteroatoms. The third-order valence-corrected chi connectivity index (χ3v) is 4.07. The minimum absolute atomic E-state index is 0.219. The topological polar surface area (TPSA) is 12.0 Å². The van der Waals surface area contributed by atoms with E-state index in [0.29, 0.717) is 4.47 Å². The molecule has 1 nitrogen and oxygen atoms in total. The fourth-order valence-electron chi connectivity index (χ4n) is 2.31. The number of nitrogens with one attached hydrogen (secondary N) is 1. The molecule has 0 aliphatic carbocycles. The Morgan fingerprint density at radius 2 is 1.90 bits per heavy atom. The molecule has 1 atom stereocenters. The lowest BCUT2D eigenvalue weighted by Crippen LogP contribution is -2.24. The van der Waals surface area contributed by atoms with E-state index < -0.39 is 0 Å². The average molecular weight is 354 g/mol. The Balaban J connectivity index is 2.46. The van der Waals surface area contributed by atoms with Gasteiger partial charge in [0.2, 0.25) is 0 Å². The van der Waals surface area contributed by atoms with Crippen molar-refractivity contribution >= 4 is 15.9 Å². The SMILES string of the molecule is CCCNC(c1ccc(Br)c(F)c1)c1cc(F)ccc1C. The van der Waals surface area contributed by atoms with Crippen molar-refractivity contribution in [3.8, 4) is 0 Å². The highest BCUT2D eigenvalue weighted by molar-refractivity contribution is 9.10. The van der Waals surface area contributed by atoms with Crippen molar-refractivity contribution in [3.05, 3.63) is 69.2 Å². The predicted octanol–water partition coefficient (Wildman–Crippen LogP) is 5.12. The number of halogens is 3. The van der Waals surface area contributed by atoms with E-state index in [1.807, 2.05) is 13.0 Å². The third-order valence-electron chi connectivity index (χ3n) is 3.43. The maximum atomic E-state index is 13.8. The highest BCUT2D eigenvalue weighted by atomic mass is 79.9. The zero-order chi connectivity index (χ0) is 15.4. The van der Waals surface area contributed by atoms with Gasteiger partial charge in [0, 0.05) is 0 Å². The molecule has 0 aliphatic rings. The fourth-order valence-corrected chi connectivity index (χ4v) is 2.56. The van der Waals surface area contributed by atoms with Gasteiger partial charge in [-0.2, -0.15) is 0 Å². The number of benzene rings is 2. The molecule has 112 valence electrons. The predicted molar refractivity (Wildman–Crippen MR) is 85.4 cm³/mol. The molecule has 0 radical (unpaired) electrons. The summed E-state index contributed by atoms with van der Waals surface area (Å²) in [5, 5.41) is 3.37. The van der Waals surface area contributed by atoms with Crippen molar-refractivity contribution < 1.29 is 8.78 Å². The Morgan fingerprint density at radius 3 is 2.57 bits per heavy atom. The summed E-state index contributed by atoms with van der Waals surface area (Å²) in [6, 6.07) is 9.51. The number of rotatable bonds is 5. The first-order valence-electron chi connectivity index (χ1n) is 6.97. The molecule has 0 bridgehead atoms. The van der Waals surface area contributed by atoms with Crippen LogP contribution in [0.2, 0.25) is 0 Å². The van der Waals surface area contributed by atoms with Gasteiger partial charge in [-0.25, -0.2) is 8.78 Å². The third kappa shape index (κ3) is 3.89. The lowest BCUT2D eigenvalue weighted by molar-refractivity contribution is 0.573. The summed E-state index contributed by atoms with van der Waals surface area (Å²) in [5.41, 5.74) is 2.61. The van der Waals surface area contributed by atoms with Gasteiger partial charge in [-0.05, 0) is 76.8 Å². The number of hydrogen-bond acceptors (Lipinski definition) is 1. The van der Waals surface area contributed by atoms with E-state index in [-0.39, 0.29) is 17.7 Å². The molecule has 0 heterocycles. The number of aryl methyl sites for hydroxylation is 1. The van der Waals surface area contributed by atoms with Crippen LogP contribution in [-0.2, 0) is 0 Å². The van der Waals surface area contributed by atoms with Crippen molar-refractivity contribution in [2.45, 2.75) is 26.3 Å². The molecule has 2 rings (SSSR count). The van der Waals surface area contributed by atoms with Crippen LogP contribution < -0.4 is 5.32 Å². The van der Waals surface area contributed by atoms with Gasteiger partial charge in [-0.1, -0.05) is 19.1 Å². The van der Waals surface area contributed by atoms with Gasteiger partial charge in [0.1, 0.15) is 11.6 Å². The zero-order valence-electron chi connectivity index (χ0n) is 12.1. The van der Waals surface area contributed by atoms with E-state index in [2.05, 4.69) is 28.2 Å². The first kappa shape index (κ1) is 16.1. The molecule has 1 unspecified atom stereocenters. The van der Waals surface area contributed by atoms with Crippen LogP contribution >= 0.6 is 15.9 Å². The van der Waals surface area contributed by atoms with E-state index in [4.69, 9.17) is 0 Å². The Kier molecular flexibility index (Phi) is 5.48. The van der Waals surface area contributed by atoms with Gasteiger partial charge in [0.15, 0.2) is 0 Å². The van der Waals surface area contributed by atoms with Crippen LogP contribution in [0, 0.1) is 18.6 Å². The minimum atomic E-state index is -0.315. The quantitative estimate of drug-likeness (QED) is 0.785. The second-order valence-corrected chi connectivity index (χ2v) is 5.92. The summed E-state index contributed by atoms with van der Waals surface area (Å²) in [6.45, 7) is 4.77. The molecule has 0 spiro atoms. The standard InChI is InChI=1S/C17H18BrF2N/c1-3-8-21-17(12-5-7-15(18)16(20)9-12)14-10-13(19)6-4-11(14)2/h4-7,9-10,17,21H,3,8H2,1-2H3. The molecular weight excluding hydrogens is 336 g/mol. The molecule has 0 saturated heterocycles. The van der Waals surface area contributed by atoms with Crippen molar-refractivity contribution in [2.75, 3.05) is 6.54 Å². The Hall–Kier alpha value is -1.26. The smallest absolute Gasteiger partial charge is 0.137 e. The van der Waals surface area contributed by atoms with Crippen LogP contribution in [0.4, 0.5) is 8.78 Å². The van der Waals surface area contributed by atoms with Gasteiger partial charge >= 0.3 is 0 Å². The van der Waals surface area contributed by atoms with Crippen molar-refractivity contribution in [3.63, 3.8) is 0 Å². The monoisotopic (exact) mass is 353 g/mol. The maximum Gasteiger partial charge on any atom is 0.137 e. The number of hydrogen-bond donors (Lipinski definition) is 1. The summed E-state index contributed by atoms with van der Waals surface area (Å²) in [6.07, 6.45) is 0.948. The van der Waals surface area contributed by atoms with Crippen molar-refractivity contribution in [1.82, 2.24) is 5.32 Å². The summed E-state index contributed by atoms with van der Waals surface area (Å²) < 4.78 is 27.8. The van der Waals surface area contributed by atoms with Crippen LogP contribution in [0.5, 0.6) is 0 Å². The molecule has 2 aromatic rings. The second-order valence-electron chi connectivity index (χ2n) is 5.06. The van der Waals surface area contributed by atoms with Crippen LogP contribution in [0.3, 0.4) is 0 Å². The molecule has 0 aromatic heterocycles. The largest absolute Gasteiger partial charge is 0.306 e. The first-order chi connectivity index (χ1) is 10.0. The van der Waals surface area contributed by atoms with E-state index in [1.54, 1.807) is 12.1 Å². The second kappa shape index (κ2) is 7.14. The molecule has 0 fully saturated rings. The molecule has 0 amide bonds. The molecule has 0 saturated carbocycles. The lowest BCUT2D eigenvalue weighted by Gasteiger charge is -2.22. The van der Waals surface area contributed by atoms with Crippen LogP contribution in [0.15, 0.2) is 40.9 Å². The molecule has 2 aromatic carbocycles. The molecule has 21 heavy (non-hydrogen) atoms. The van der Waals surface area contributed by atoms with Crippen LogP contribution in [-0.4, -0.2) is 6.54 Å². The summed E-state index contributed by atoms with van der Waals surface area (Å²) in [7, 11) is 0. The van der Waals surface area contributed by atoms with Crippen molar-refractivity contribution in [1.29, 1.82) is 0 Å². The molecular formula is C17H18BrF2N. The van der Waals surface area contributed by atoms with E-state index in [1.165, 1.54) is 18.2 Å². The van der Waals surface area contributed by atoms with Gasteiger partial charge in [0.25, 0.3) is 0 Å². The van der Waals surface area contributed by atoms with Gasteiger partial charge < -0.3 is 5.32 Å². The van der Waals surface area contributed by atoms with Crippen molar-refractivity contribution in [2.24, 2.45) is 0 Å². The maximum absolute atomic E-state index is 13.8. The van der Waals surface area contributed by atoms with E-state index in [9.17, 15) is 8.78 Å². The Morgan fingerprint density at radius 1 is 1.14 bits per heavy atom. The minimum Gasteiger partial charge on any atom is -0.306 e. The average Bonchev–Trinajstić information content (AvgIpc) is 2.46. The first-order valence-corrected chi connectivity index (χ1v) is 7.76. The zero-order valence-corrected chi connectivity index (χ0v) is 13.7. The van der Waals surface area contributed by atoms with Crippen LogP contribution in [0.25, 0.3) is 0 Å². The summed E-state index contributed by atoms with van der Waals surface area (Å²) in [4.78, 5) is 0. The lowest BCUT2D eigenvalue weighted by atomic mass is 9.94. The summed E-state index contributed by atoms with van der Waals surface area (Å²) >= 11 is 3.16. The van der Waals surface area contributed by atoms with Gasteiger partial charge in [0.05, 0.1) is 10.5 Å². The van der Waals surface area contributed by atoms with E-state index >= 15 is 0 Å². The highest BCUT2D eigenvalue weighted by Gasteiger charge is 2.17. The van der Waals surface area contributed by atoms with Gasteiger partial charge in [-0.15, -0.1) is 0 Å². The normalized spacial score (nSPS) is 12.4. The van der Waals surface area contributed by atoms with Crippen LogP contribution in [0.1, 0.15) is 36.1 Å². The molecule has 0 aliphatic heterocycles. The Bertz CT molecular complexity index is 628. The van der Waals surface area contributed by atoms with Gasteiger partial charge in [-0.3, -0.25) is 0 Å². The highest BCUT2D eigenvalue weighted by Crippen LogP contribution is 2.28. The summed E-state index contributed by atoms with van der Waals surface area (Å²) in [5.74, 6) is -0.596. The van der Waals surface area contributed by atoms with E-state index in [0.717, 1.165) is 29.7 Å². The fraction of sp³-hybridized carbons (Fsp3) is 0.294. The molecule has 1 N–H and O–H groups in total.